The molecule has 0 spiro atoms. The Morgan fingerprint density at radius 1 is 1.06 bits per heavy atom. The van der Waals surface area contributed by atoms with Crippen LogP contribution in [-0.2, 0) is 11.3 Å². The Labute approximate surface area is 195 Å². The Bertz CT molecular complexity index is 1150. The van der Waals surface area contributed by atoms with Crippen molar-refractivity contribution in [2.75, 3.05) is 16.9 Å². The number of benzene rings is 2. The molecule has 2 aromatic carbocycles. The maximum absolute atomic E-state index is 13.2. The number of nitrogens with zero attached hydrogens (tertiary/aromatic N) is 4. The molecule has 2 heterocycles. The van der Waals surface area contributed by atoms with E-state index in [4.69, 9.17) is 0 Å². The molecule has 0 atom stereocenters. The standard InChI is InChI=1S/C21H17FN4OS4/c1-28-20-24-25-21(31-20)30-13-18(27)26(11-14-5-3-2-4-6-14)19-23-17(12-29-19)15-7-9-16(22)10-8-15/h2-10,12H,11,13H2,1H3. The van der Waals surface area contributed by atoms with Gasteiger partial charge in [-0.1, -0.05) is 65.2 Å². The molecule has 5 nitrogen and oxygen atoms in total. The molecule has 0 saturated carbocycles. The van der Waals surface area contributed by atoms with Crippen LogP contribution in [0.3, 0.4) is 0 Å². The average Bonchev–Trinajstić information content (AvgIpc) is 3.47. The number of thiazole rings is 1. The van der Waals surface area contributed by atoms with E-state index in [0.29, 0.717) is 17.4 Å². The van der Waals surface area contributed by atoms with Crippen LogP contribution in [0.5, 0.6) is 0 Å². The Balaban J connectivity index is 1.55. The minimum Gasteiger partial charge on any atom is -0.283 e. The largest absolute Gasteiger partial charge is 0.283 e. The SMILES string of the molecule is CSc1nnc(SCC(=O)N(Cc2ccccc2)c2nc(-c3ccc(F)cc3)cs2)s1. The summed E-state index contributed by atoms with van der Waals surface area (Å²) in [7, 11) is 0. The third-order valence-electron chi connectivity index (χ3n) is 4.23. The molecule has 0 saturated heterocycles. The van der Waals surface area contributed by atoms with Crippen LogP contribution in [0.1, 0.15) is 5.56 Å². The maximum Gasteiger partial charge on any atom is 0.239 e. The summed E-state index contributed by atoms with van der Waals surface area (Å²) in [6.45, 7) is 0.419. The fraction of sp³-hybridized carbons (Fsp3) is 0.143. The van der Waals surface area contributed by atoms with Gasteiger partial charge < -0.3 is 0 Å². The monoisotopic (exact) mass is 488 g/mol. The van der Waals surface area contributed by atoms with Gasteiger partial charge in [0.2, 0.25) is 5.91 Å². The highest BCUT2D eigenvalue weighted by Crippen LogP contribution is 2.31. The lowest BCUT2D eigenvalue weighted by atomic mass is 10.2. The van der Waals surface area contributed by atoms with Crippen LogP contribution in [0.15, 0.2) is 68.7 Å². The lowest BCUT2D eigenvalue weighted by molar-refractivity contribution is -0.116. The van der Waals surface area contributed by atoms with E-state index in [1.165, 1.54) is 58.3 Å². The summed E-state index contributed by atoms with van der Waals surface area (Å²) < 4.78 is 14.9. The molecule has 0 N–H and O–H groups in total. The van der Waals surface area contributed by atoms with E-state index < -0.39 is 0 Å². The summed E-state index contributed by atoms with van der Waals surface area (Å²) in [5.74, 6) is -0.116. The molecule has 4 aromatic rings. The highest BCUT2D eigenvalue weighted by atomic mass is 32.2. The minimum atomic E-state index is -0.293. The molecule has 10 heteroatoms. The zero-order valence-electron chi connectivity index (χ0n) is 16.4. The first kappa shape index (κ1) is 21.9. The predicted octanol–water partition coefficient (Wildman–Crippen LogP) is 5.85. The van der Waals surface area contributed by atoms with Crippen LogP contribution in [0.4, 0.5) is 9.52 Å². The van der Waals surface area contributed by atoms with Crippen molar-refractivity contribution in [2.24, 2.45) is 0 Å². The van der Waals surface area contributed by atoms with Crippen LogP contribution >= 0.6 is 46.2 Å². The van der Waals surface area contributed by atoms with E-state index in [2.05, 4.69) is 15.2 Å². The Kier molecular flexibility index (Phi) is 7.33. The fourth-order valence-electron chi connectivity index (χ4n) is 2.71. The van der Waals surface area contributed by atoms with Gasteiger partial charge in [-0.25, -0.2) is 9.37 Å². The topological polar surface area (TPSA) is 59.0 Å². The Hall–Kier alpha value is -2.27. The van der Waals surface area contributed by atoms with E-state index in [-0.39, 0.29) is 17.5 Å². The van der Waals surface area contributed by atoms with Crippen LogP contribution < -0.4 is 4.90 Å². The minimum absolute atomic E-state index is 0.0604. The third kappa shape index (κ3) is 5.70. The van der Waals surface area contributed by atoms with Gasteiger partial charge in [-0.3, -0.25) is 9.69 Å². The van der Waals surface area contributed by atoms with Gasteiger partial charge in [-0.05, 0) is 36.1 Å². The molecule has 0 radical (unpaired) electrons. The van der Waals surface area contributed by atoms with Gasteiger partial charge in [0.15, 0.2) is 13.8 Å². The van der Waals surface area contributed by atoms with E-state index in [9.17, 15) is 9.18 Å². The van der Waals surface area contributed by atoms with Crippen LogP contribution in [0, 0.1) is 5.82 Å². The van der Waals surface area contributed by atoms with E-state index in [1.807, 2.05) is 42.0 Å². The lowest BCUT2D eigenvalue weighted by Gasteiger charge is -2.19. The molecule has 0 aliphatic carbocycles. The first-order valence-electron chi connectivity index (χ1n) is 9.18. The molecule has 0 bridgehead atoms. The molecular weight excluding hydrogens is 472 g/mol. The molecule has 158 valence electrons. The average molecular weight is 489 g/mol. The molecule has 2 aromatic heterocycles. The number of amides is 1. The second-order valence-corrected chi connectivity index (χ2v) is 10.4. The molecule has 0 aliphatic heterocycles. The van der Waals surface area contributed by atoms with E-state index >= 15 is 0 Å². The van der Waals surface area contributed by atoms with Crippen molar-refractivity contribution in [1.29, 1.82) is 0 Å². The number of aromatic nitrogens is 3. The van der Waals surface area contributed by atoms with Gasteiger partial charge in [-0.15, -0.1) is 21.5 Å². The second-order valence-electron chi connectivity index (χ2n) is 6.31. The Morgan fingerprint density at radius 2 is 1.81 bits per heavy atom. The predicted molar refractivity (Wildman–Crippen MR) is 128 cm³/mol. The summed E-state index contributed by atoms with van der Waals surface area (Å²) in [6, 6.07) is 16.0. The lowest BCUT2D eigenvalue weighted by Crippen LogP contribution is -2.31. The van der Waals surface area contributed by atoms with Crippen LogP contribution in [0.25, 0.3) is 11.3 Å². The highest BCUT2D eigenvalue weighted by Gasteiger charge is 2.21. The van der Waals surface area contributed by atoms with E-state index in [0.717, 1.165) is 19.8 Å². The van der Waals surface area contributed by atoms with Gasteiger partial charge in [-0.2, -0.15) is 0 Å². The summed E-state index contributed by atoms with van der Waals surface area (Å²) in [6.07, 6.45) is 1.95. The van der Waals surface area contributed by atoms with Crippen molar-refractivity contribution >= 4 is 57.2 Å². The molecule has 0 aliphatic rings. The number of thioether (sulfide) groups is 2. The van der Waals surface area contributed by atoms with Crippen LogP contribution in [-0.4, -0.2) is 33.1 Å². The smallest absolute Gasteiger partial charge is 0.239 e. The van der Waals surface area contributed by atoms with Gasteiger partial charge in [0.1, 0.15) is 5.82 Å². The quantitative estimate of drug-likeness (QED) is 0.290. The molecule has 4 rings (SSSR count). The highest BCUT2D eigenvalue weighted by molar-refractivity contribution is 8.03. The van der Waals surface area contributed by atoms with Crippen LogP contribution in [0.2, 0.25) is 0 Å². The zero-order valence-corrected chi connectivity index (χ0v) is 19.7. The first-order valence-corrected chi connectivity index (χ1v) is 13.1. The van der Waals surface area contributed by atoms with Gasteiger partial charge in [0, 0.05) is 10.9 Å². The fourth-order valence-corrected chi connectivity index (χ4v) is 5.87. The summed E-state index contributed by atoms with van der Waals surface area (Å²) >= 11 is 5.79. The van der Waals surface area contributed by atoms with Gasteiger partial charge in [0.25, 0.3) is 0 Å². The van der Waals surface area contributed by atoms with Crippen molar-refractivity contribution in [3.05, 3.63) is 71.4 Å². The normalized spacial score (nSPS) is 10.9. The summed E-state index contributed by atoms with van der Waals surface area (Å²) in [4.78, 5) is 19.5. The number of hydrogen-bond donors (Lipinski definition) is 0. The summed E-state index contributed by atoms with van der Waals surface area (Å²) in [5.41, 5.74) is 2.54. The Morgan fingerprint density at radius 3 is 2.52 bits per heavy atom. The van der Waals surface area contributed by atoms with E-state index in [1.54, 1.807) is 17.0 Å². The van der Waals surface area contributed by atoms with Crippen molar-refractivity contribution in [3.63, 3.8) is 0 Å². The number of hydrogen-bond acceptors (Lipinski definition) is 8. The first-order chi connectivity index (χ1) is 15.1. The van der Waals surface area contributed by atoms with Gasteiger partial charge >= 0.3 is 0 Å². The summed E-state index contributed by atoms with van der Waals surface area (Å²) in [5, 5.41) is 10.7. The molecular formula is C21H17FN4OS4. The zero-order chi connectivity index (χ0) is 21.6. The van der Waals surface area contributed by atoms with Gasteiger partial charge in [0.05, 0.1) is 18.0 Å². The number of carbonyl (C=O) groups excluding carboxylic acids is 1. The third-order valence-corrected chi connectivity index (χ3v) is 8.11. The maximum atomic E-state index is 13.2. The number of anilines is 1. The van der Waals surface area contributed by atoms with Crippen molar-refractivity contribution in [1.82, 2.24) is 15.2 Å². The van der Waals surface area contributed by atoms with Crippen molar-refractivity contribution in [3.8, 4) is 11.3 Å². The number of carbonyl (C=O) groups is 1. The molecule has 1 amide bonds. The number of rotatable bonds is 8. The van der Waals surface area contributed by atoms with Crippen molar-refractivity contribution < 1.29 is 9.18 Å². The molecule has 0 fully saturated rings. The second kappa shape index (κ2) is 10.4. The molecule has 31 heavy (non-hydrogen) atoms. The molecule has 0 unspecified atom stereocenters. The van der Waals surface area contributed by atoms with Crippen molar-refractivity contribution in [2.45, 2.75) is 15.2 Å². The number of halogens is 1.